The number of aliphatic carboxylic acids is 2. The maximum Gasteiger partial charge on any atom is 0.332 e. The van der Waals surface area contributed by atoms with Crippen LogP contribution >= 0.6 is 0 Å². The highest BCUT2D eigenvalue weighted by molar-refractivity contribution is 5.96. The molecule has 2 unspecified atom stereocenters. The van der Waals surface area contributed by atoms with E-state index in [1.54, 1.807) is 0 Å². The Morgan fingerprint density at radius 2 is 1.11 bits per heavy atom. The van der Waals surface area contributed by atoms with E-state index < -0.39 is 47.7 Å². The minimum Gasteiger partial charge on any atom is -0.481 e. The van der Waals surface area contributed by atoms with E-state index in [0.717, 1.165) is 0 Å². The van der Waals surface area contributed by atoms with Crippen LogP contribution in [0.25, 0.3) is 0 Å². The van der Waals surface area contributed by atoms with Crippen molar-refractivity contribution in [1.29, 1.82) is 0 Å². The lowest BCUT2D eigenvalue weighted by Gasteiger charge is -2.23. The Kier molecular flexibility index (Phi) is 10.4. The molecule has 0 aliphatic rings. The summed E-state index contributed by atoms with van der Waals surface area (Å²) in [6.45, 7) is 10.4. The van der Waals surface area contributed by atoms with Crippen LogP contribution in [0.5, 0.6) is 0 Å². The Bertz CT molecular complexity index is 557. The SMILES string of the molecule is CC(C)COC(=O)C(C)C(=C(CC(=O)O)C(=O)O)C(C)C(=O)OCC(C)C. The largest absolute Gasteiger partial charge is 0.481 e. The molecule has 0 spiro atoms. The fourth-order valence-corrected chi connectivity index (χ4v) is 2.35. The van der Waals surface area contributed by atoms with Crippen LogP contribution in [-0.2, 0) is 28.7 Å². The number of carbonyl (C=O) groups excluding carboxylic acids is 2. The number of hydrogen-bond donors (Lipinski definition) is 2. The molecule has 0 heterocycles. The van der Waals surface area contributed by atoms with Crippen molar-refractivity contribution in [3.63, 3.8) is 0 Å². The van der Waals surface area contributed by atoms with Gasteiger partial charge in [0.2, 0.25) is 0 Å². The molecule has 0 fully saturated rings. The number of carboxylic acid groups (broad SMARTS) is 2. The number of hydrogen-bond acceptors (Lipinski definition) is 6. The summed E-state index contributed by atoms with van der Waals surface area (Å²) in [6.07, 6.45) is -0.825. The summed E-state index contributed by atoms with van der Waals surface area (Å²) in [4.78, 5) is 47.4. The summed E-state index contributed by atoms with van der Waals surface area (Å²) in [6, 6.07) is 0. The Morgan fingerprint density at radius 1 is 0.741 bits per heavy atom. The van der Waals surface area contributed by atoms with Gasteiger partial charge in [0.25, 0.3) is 0 Å². The van der Waals surface area contributed by atoms with Gasteiger partial charge in [-0.3, -0.25) is 14.4 Å². The number of esters is 2. The lowest BCUT2D eigenvalue weighted by atomic mass is 9.84. The van der Waals surface area contributed by atoms with E-state index in [-0.39, 0.29) is 30.6 Å². The monoisotopic (exact) mass is 386 g/mol. The number of ether oxygens (including phenoxy) is 2. The average Bonchev–Trinajstić information content (AvgIpc) is 2.55. The van der Waals surface area contributed by atoms with Gasteiger partial charge in [0, 0.05) is 5.57 Å². The Labute approximate surface area is 159 Å². The molecule has 0 rings (SSSR count). The first kappa shape index (κ1) is 24.6. The highest BCUT2D eigenvalue weighted by Gasteiger charge is 2.34. The second-order valence-electron chi connectivity index (χ2n) is 7.30. The molecular formula is C19H30O8. The first-order valence-electron chi connectivity index (χ1n) is 8.89. The summed E-state index contributed by atoms with van der Waals surface area (Å²) < 4.78 is 10.3. The van der Waals surface area contributed by atoms with Crippen molar-refractivity contribution >= 4 is 23.9 Å². The van der Waals surface area contributed by atoms with E-state index in [2.05, 4.69) is 0 Å². The van der Waals surface area contributed by atoms with Crippen LogP contribution in [0.15, 0.2) is 11.1 Å². The molecule has 2 atom stereocenters. The topological polar surface area (TPSA) is 127 Å². The van der Waals surface area contributed by atoms with Crippen LogP contribution in [0.4, 0.5) is 0 Å². The van der Waals surface area contributed by atoms with Crippen molar-refractivity contribution in [1.82, 2.24) is 0 Å². The van der Waals surface area contributed by atoms with Gasteiger partial charge in [0.05, 0.1) is 31.5 Å². The maximum absolute atomic E-state index is 12.3. The summed E-state index contributed by atoms with van der Waals surface area (Å²) in [5, 5.41) is 18.5. The molecular weight excluding hydrogens is 356 g/mol. The van der Waals surface area contributed by atoms with Crippen molar-refractivity contribution in [3.8, 4) is 0 Å². The molecule has 0 amide bonds. The van der Waals surface area contributed by atoms with E-state index in [9.17, 15) is 24.3 Å². The first-order chi connectivity index (χ1) is 12.4. The molecule has 8 nitrogen and oxygen atoms in total. The lowest BCUT2D eigenvalue weighted by molar-refractivity contribution is -0.150. The van der Waals surface area contributed by atoms with Gasteiger partial charge in [-0.1, -0.05) is 27.7 Å². The summed E-state index contributed by atoms with van der Waals surface area (Å²) in [5.74, 6) is -6.38. The third-order valence-electron chi connectivity index (χ3n) is 3.69. The van der Waals surface area contributed by atoms with E-state index in [1.807, 2.05) is 27.7 Å². The van der Waals surface area contributed by atoms with Gasteiger partial charge in [-0.2, -0.15) is 0 Å². The van der Waals surface area contributed by atoms with Gasteiger partial charge in [0.1, 0.15) is 0 Å². The molecule has 0 aromatic rings. The van der Waals surface area contributed by atoms with Gasteiger partial charge in [0.15, 0.2) is 0 Å². The third kappa shape index (κ3) is 8.70. The number of rotatable bonds is 11. The van der Waals surface area contributed by atoms with Crippen LogP contribution in [0.1, 0.15) is 48.0 Å². The molecule has 154 valence electrons. The minimum atomic E-state index is -1.50. The minimum absolute atomic E-state index is 0.0694. The van der Waals surface area contributed by atoms with Gasteiger partial charge < -0.3 is 19.7 Å². The lowest BCUT2D eigenvalue weighted by Crippen LogP contribution is -2.30. The van der Waals surface area contributed by atoms with Crippen LogP contribution in [0, 0.1) is 23.7 Å². The fraction of sp³-hybridized carbons (Fsp3) is 0.684. The van der Waals surface area contributed by atoms with Gasteiger partial charge in [-0.15, -0.1) is 0 Å². The zero-order chi connectivity index (χ0) is 21.3. The van der Waals surface area contributed by atoms with Gasteiger partial charge >= 0.3 is 23.9 Å². The average molecular weight is 386 g/mol. The fourth-order valence-electron chi connectivity index (χ4n) is 2.35. The zero-order valence-corrected chi connectivity index (χ0v) is 16.8. The van der Waals surface area contributed by atoms with Gasteiger partial charge in [-0.05, 0) is 31.3 Å². The predicted octanol–water partition coefficient (Wildman–Crippen LogP) is 2.51. The summed E-state index contributed by atoms with van der Waals surface area (Å²) >= 11 is 0. The highest BCUT2D eigenvalue weighted by Crippen LogP contribution is 2.28. The molecule has 0 bridgehead atoms. The molecule has 0 aromatic heterocycles. The highest BCUT2D eigenvalue weighted by atomic mass is 16.5. The van der Waals surface area contributed by atoms with Crippen LogP contribution in [0.2, 0.25) is 0 Å². The molecule has 27 heavy (non-hydrogen) atoms. The molecule has 2 N–H and O–H groups in total. The van der Waals surface area contributed by atoms with E-state index in [4.69, 9.17) is 14.6 Å². The van der Waals surface area contributed by atoms with Crippen molar-refractivity contribution in [2.75, 3.05) is 13.2 Å². The third-order valence-corrected chi connectivity index (χ3v) is 3.69. The normalized spacial score (nSPS) is 13.0. The van der Waals surface area contributed by atoms with Crippen LogP contribution in [0.3, 0.4) is 0 Å². The van der Waals surface area contributed by atoms with Crippen LogP contribution in [-0.4, -0.2) is 47.3 Å². The zero-order valence-electron chi connectivity index (χ0n) is 16.8. The molecule has 0 aliphatic carbocycles. The number of carbonyl (C=O) groups is 4. The van der Waals surface area contributed by atoms with Crippen LogP contribution < -0.4 is 0 Å². The predicted molar refractivity (Wildman–Crippen MR) is 96.8 cm³/mol. The molecule has 0 radical (unpaired) electrons. The Balaban J connectivity index is 5.92. The summed E-state index contributed by atoms with van der Waals surface area (Å²) in [7, 11) is 0. The maximum atomic E-state index is 12.3. The van der Waals surface area contributed by atoms with Crippen molar-refractivity contribution < 1.29 is 38.9 Å². The number of carboxylic acids is 2. The molecule has 0 saturated heterocycles. The second kappa shape index (κ2) is 11.4. The molecule has 8 heteroatoms. The van der Waals surface area contributed by atoms with Crippen molar-refractivity contribution in [2.24, 2.45) is 23.7 Å². The van der Waals surface area contributed by atoms with E-state index >= 15 is 0 Å². The first-order valence-corrected chi connectivity index (χ1v) is 8.89. The molecule has 0 aliphatic heterocycles. The smallest absolute Gasteiger partial charge is 0.332 e. The quantitative estimate of drug-likeness (QED) is 0.409. The Morgan fingerprint density at radius 3 is 1.37 bits per heavy atom. The van der Waals surface area contributed by atoms with E-state index in [1.165, 1.54) is 13.8 Å². The Hall–Kier alpha value is -2.38. The van der Waals surface area contributed by atoms with Crippen molar-refractivity contribution in [3.05, 3.63) is 11.1 Å². The van der Waals surface area contributed by atoms with Gasteiger partial charge in [-0.25, -0.2) is 4.79 Å². The molecule has 0 aromatic carbocycles. The summed E-state index contributed by atoms with van der Waals surface area (Å²) in [5.41, 5.74) is -0.613. The van der Waals surface area contributed by atoms with E-state index in [0.29, 0.717) is 0 Å². The molecule has 0 saturated carbocycles. The standard InChI is InChI=1S/C19H30O8/c1-10(2)8-26-18(24)12(5)16(14(17(22)23)7-15(20)21)13(6)19(25)27-9-11(3)4/h10-13H,7-9H2,1-6H3,(H,20,21)(H,22,23). The second-order valence-corrected chi connectivity index (χ2v) is 7.30. The van der Waals surface area contributed by atoms with Crippen molar-refractivity contribution in [2.45, 2.75) is 48.0 Å².